The Bertz CT molecular complexity index is 810. The maximum atomic E-state index is 5.82. The molecule has 3 N–H and O–H groups in total. The summed E-state index contributed by atoms with van der Waals surface area (Å²) in [6.45, 7) is 2.65. The van der Waals surface area contributed by atoms with Crippen LogP contribution in [0.4, 0.5) is 5.82 Å². The predicted octanol–water partition coefficient (Wildman–Crippen LogP) is 3.25. The number of hydrogen-bond donors (Lipinski definition) is 2. The molecule has 21 heavy (non-hydrogen) atoms. The number of nitrogens with one attached hydrogen (secondary N) is 1. The number of nitrogens with zero attached hydrogens (tertiary/aromatic N) is 2. The Morgan fingerprint density at radius 3 is 2.90 bits per heavy atom. The molecule has 0 fully saturated rings. The van der Waals surface area contributed by atoms with E-state index < -0.39 is 0 Å². The van der Waals surface area contributed by atoms with Crippen molar-refractivity contribution >= 4 is 45.3 Å². The summed E-state index contributed by atoms with van der Waals surface area (Å²) in [6, 6.07) is 9.89. The molecule has 1 aromatic carbocycles. The van der Waals surface area contributed by atoms with Crippen LogP contribution in [0.1, 0.15) is 15.4 Å². The fraction of sp³-hybridized carbons (Fsp3) is 0.133. The highest BCUT2D eigenvalue weighted by Gasteiger charge is 2.09. The van der Waals surface area contributed by atoms with E-state index in [2.05, 4.69) is 15.3 Å². The normalized spacial score (nSPS) is 10.7. The van der Waals surface area contributed by atoms with E-state index in [0.29, 0.717) is 17.4 Å². The molecule has 2 heterocycles. The van der Waals surface area contributed by atoms with Gasteiger partial charge in [0.15, 0.2) is 0 Å². The number of nitrogens with two attached hydrogens (primary N) is 1. The maximum Gasteiger partial charge on any atom is 0.137 e. The molecule has 0 spiro atoms. The zero-order chi connectivity index (χ0) is 14.8. The van der Waals surface area contributed by atoms with Gasteiger partial charge in [0, 0.05) is 16.5 Å². The summed E-state index contributed by atoms with van der Waals surface area (Å²) in [7, 11) is 0. The first-order chi connectivity index (χ1) is 10.1. The maximum absolute atomic E-state index is 5.82. The molecule has 0 unspecified atom stereocenters. The van der Waals surface area contributed by atoms with Gasteiger partial charge in [0.25, 0.3) is 0 Å². The van der Waals surface area contributed by atoms with E-state index in [1.54, 1.807) is 11.3 Å². The number of aromatic nitrogens is 2. The number of anilines is 1. The lowest BCUT2D eigenvalue weighted by molar-refractivity contribution is 1.14. The first kappa shape index (κ1) is 13.9. The molecule has 0 aliphatic carbocycles. The number of rotatable bonds is 4. The molecule has 0 atom stereocenters. The molecule has 3 rings (SSSR count). The quantitative estimate of drug-likeness (QED) is 0.724. The molecule has 0 aliphatic rings. The standard InChI is InChI=1S/C15H14N4S2/c1-9-17-7-11(21-9)8-18-15-12(14(16)20)6-10-4-2-3-5-13(10)19-15/h2-7H,8H2,1H3,(H2,16,20)(H,18,19). The van der Waals surface area contributed by atoms with E-state index in [1.807, 2.05) is 43.5 Å². The average Bonchev–Trinajstić information content (AvgIpc) is 2.89. The van der Waals surface area contributed by atoms with E-state index in [1.165, 1.54) is 0 Å². The van der Waals surface area contributed by atoms with Crippen LogP contribution >= 0.6 is 23.6 Å². The number of fused-ring (bicyclic) bond motifs is 1. The summed E-state index contributed by atoms with van der Waals surface area (Å²) in [6.07, 6.45) is 1.87. The highest BCUT2D eigenvalue weighted by Crippen LogP contribution is 2.22. The second kappa shape index (κ2) is 5.75. The molecule has 0 radical (unpaired) electrons. The van der Waals surface area contributed by atoms with Crippen molar-refractivity contribution in [3.05, 3.63) is 52.0 Å². The molecule has 3 aromatic rings. The van der Waals surface area contributed by atoms with E-state index in [9.17, 15) is 0 Å². The SMILES string of the molecule is Cc1ncc(CNc2nc3ccccc3cc2C(N)=S)s1. The zero-order valence-corrected chi connectivity index (χ0v) is 13.1. The van der Waals surface area contributed by atoms with Crippen molar-refractivity contribution in [1.29, 1.82) is 0 Å². The number of hydrogen-bond acceptors (Lipinski definition) is 5. The van der Waals surface area contributed by atoms with E-state index in [-0.39, 0.29) is 0 Å². The van der Waals surface area contributed by atoms with Gasteiger partial charge in [0.2, 0.25) is 0 Å². The Kier molecular flexibility index (Phi) is 3.81. The van der Waals surface area contributed by atoms with Crippen LogP contribution in [0, 0.1) is 6.92 Å². The molecule has 0 saturated heterocycles. The van der Waals surface area contributed by atoms with Crippen molar-refractivity contribution in [3.8, 4) is 0 Å². The number of aryl methyl sites for hydroxylation is 1. The van der Waals surface area contributed by atoms with Gasteiger partial charge in [-0.25, -0.2) is 9.97 Å². The van der Waals surface area contributed by atoms with Crippen LogP contribution in [0.2, 0.25) is 0 Å². The average molecular weight is 314 g/mol. The van der Waals surface area contributed by atoms with Crippen LogP contribution in [0.5, 0.6) is 0 Å². The van der Waals surface area contributed by atoms with Crippen molar-refractivity contribution in [2.75, 3.05) is 5.32 Å². The molecule has 6 heteroatoms. The molecule has 4 nitrogen and oxygen atoms in total. The van der Waals surface area contributed by atoms with Crippen molar-refractivity contribution in [3.63, 3.8) is 0 Å². The second-order valence-corrected chi connectivity index (χ2v) is 6.40. The summed E-state index contributed by atoms with van der Waals surface area (Å²) < 4.78 is 0. The molecular weight excluding hydrogens is 300 g/mol. The topological polar surface area (TPSA) is 63.8 Å². The van der Waals surface area contributed by atoms with Crippen LogP contribution < -0.4 is 11.1 Å². The Morgan fingerprint density at radius 1 is 1.38 bits per heavy atom. The van der Waals surface area contributed by atoms with Crippen molar-refractivity contribution in [2.45, 2.75) is 13.5 Å². The summed E-state index contributed by atoms with van der Waals surface area (Å²) in [5.41, 5.74) is 7.51. The van der Waals surface area contributed by atoms with Crippen LogP contribution in [0.3, 0.4) is 0 Å². The number of thiocarbonyl (C=S) groups is 1. The fourth-order valence-electron chi connectivity index (χ4n) is 2.10. The number of thiazole rings is 1. The van der Waals surface area contributed by atoms with Crippen molar-refractivity contribution in [1.82, 2.24) is 9.97 Å². The van der Waals surface area contributed by atoms with Gasteiger partial charge in [0.1, 0.15) is 10.8 Å². The summed E-state index contributed by atoms with van der Waals surface area (Å²) in [5.74, 6) is 0.715. The Morgan fingerprint density at radius 2 is 2.19 bits per heavy atom. The van der Waals surface area contributed by atoms with Gasteiger partial charge in [-0.05, 0) is 19.1 Å². The largest absolute Gasteiger partial charge is 0.389 e. The molecule has 0 amide bonds. The van der Waals surface area contributed by atoms with Crippen LogP contribution in [-0.2, 0) is 6.54 Å². The minimum Gasteiger partial charge on any atom is -0.389 e. The second-order valence-electron chi connectivity index (χ2n) is 4.64. The van der Waals surface area contributed by atoms with Gasteiger partial charge in [-0.1, -0.05) is 30.4 Å². The third-order valence-corrected chi connectivity index (χ3v) is 4.22. The van der Waals surface area contributed by atoms with Crippen LogP contribution in [-0.4, -0.2) is 15.0 Å². The lowest BCUT2D eigenvalue weighted by Gasteiger charge is -2.11. The smallest absolute Gasteiger partial charge is 0.137 e. The lowest BCUT2D eigenvalue weighted by Crippen LogP contribution is -2.14. The van der Waals surface area contributed by atoms with E-state index in [0.717, 1.165) is 26.4 Å². The van der Waals surface area contributed by atoms with E-state index in [4.69, 9.17) is 18.0 Å². The van der Waals surface area contributed by atoms with Gasteiger partial charge in [-0.3, -0.25) is 0 Å². The van der Waals surface area contributed by atoms with Crippen LogP contribution in [0.15, 0.2) is 36.5 Å². The van der Waals surface area contributed by atoms with Gasteiger partial charge < -0.3 is 11.1 Å². The number of para-hydroxylation sites is 1. The van der Waals surface area contributed by atoms with E-state index >= 15 is 0 Å². The molecular formula is C15H14N4S2. The Hall–Kier alpha value is -2.05. The molecule has 2 aromatic heterocycles. The number of pyridine rings is 1. The van der Waals surface area contributed by atoms with Crippen molar-refractivity contribution in [2.24, 2.45) is 5.73 Å². The summed E-state index contributed by atoms with van der Waals surface area (Å²) >= 11 is 6.79. The zero-order valence-electron chi connectivity index (χ0n) is 11.5. The highest BCUT2D eigenvalue weighted by molar-refractivity contribution is 7.80. The fourth-order valence-corrected chi connectivity index (χ4v) is 2.99. The third-order valence-electron chi connectivity index (χ3n) is 3.09. The minimum absolute atomic E-state index is 0.344. The lowest BCUT2D eigenvalue weighted by atomic mass is 10.1. The summed E-state index contributed by atoms with van der Waals surface area (Å²) in [5, 5.41) is 5.38. The Balaban J connectivity index is 1.95. The predicted molar refractivity (Wildman–Crippen MR) is 91.8 cm³/mol. The van der Waals surface area contributed by atoms with Gasteiger partial charge >= 0.3 is 0 Å². The molecule has 106 valence electrons. The monoisotopic (exact) mass is 314 g/mol. The van der Waals surface area contributed by atoms with Crippen LogP contribution in [0.25, 0.3) is 10.9 Å². The highest BCUT2D eigenvalue weighted by atomic mass is 32.1. The first-order valence-corrected chi connectivity index (χ1v) is 7.71. The Labute approximate surface area is 132 Å². The number of benzene rings is 1. The molecule has 0 aliphatic heterocycles. The van der Waals surface area contributed by atoms with Gasteiger partial charge in [0.05, 0.1) is 22.6 Å². The third kappa shape index (κ3) is 3.01. The molecule has 0 saturated carbocycles. The van der Waals surface area contributed by atoms with Gasteiger partial charge in [-0.2, -0.15) is 0 Å². The van der Waals surface area contributed by atoms with Gasteiger partial charge in [-0.15, -0.1) is 11.3 Å². The molecule has 0 bridgehead atoms. The first-order valence-electron chi connectivity index (χ1n) is 6.48. The summed E-state index contributed by atoms with van der Waals surface area (Å²) in [4.78, 5) is 10.4. The van der Waals surface area contributed by atoms with Crippen molar-refractivity contribution < 1.29 is 0 Å². The minimum atomic E-state index is 0.344.